The van der Waals surface area contributed by atoms with Gasteiger partial charge in [-0.25, -0.2) is 4.79 Å². The Hall–Kier alpha value is -2.71. The van der Waals surface area contributed by atoms with Crippen LogP contribution >= 0.6 is 0 Å². The number of aromatic nitrogens is 3. The molecule has 0 atom stereocenters. The molecule has 0 saturated heterocycles. The Morgan fingerprint density at radius 1 is 1.42 bits per heavy atom. The molecule has 1 aromatic heterocycles. The summed E-state index contributed by atoms with van der Waals surface area (Å²) in [6, 6.07) is 3.94. The summed E-state index contributed by atoms with van der Waals surface area (Å²) in [5, 5.41) is 13.2. The molecule has 2 aromatic rings. The van der Waals surface area contributed by atoms with E-state index in [-0.39, 0.29) is 11.8 Å². The highest BCUT2D eigenvalue weighted by atomic mass is 19.3. The molecular weight excluding hydrogens is 320 g/mol. The van der Waals surface area contributed by atoms with Crippen LogP contribution in [0.1, 0.15) is 18.3 Å². The zero-order valence-corrected chi connectivity index (χ0v) is 13.4. The smallest absolute Gasteiger partial charge is 0.387 e. The van der Waals surface area contributed by atoms with Gasteiger partial charge in [-0.3, -0.25) is 0 Å². The van der Waals surface area contributed by atoms with Crippen LogP contribution in [-0.2, 0) is 13.0 Å². The topological polar surface area (TPSA) is 81.1 Å². The molecule has 2 amide bonds. The third-order valence-electron chi connectivity index (χ3n) is 3.34. The van der Waals surface area contributed by atoms with Gasteiger partial charge in [-0.1, -0.05) is 0 Å². The van der Waals surface area contributed by atoms with Gasteiger partial charge in [0.1, 0.15) is 17.9 Å². The number of hydrogen-bond donors (Lipinski definition) is 2. The van der Waals surface area contributed by atoms with E-state index in [0.717, 1.165) is 12.4 Å². The van der Waals surface area contributed by atoms with Gasteiger partial charge in [0.05, 0.1) is 0 Å². The van der Waals surface area contributed by atoms with E-state index in [4.69, 9.17) is 0 Å². The number of rotatable bonds is 7. The first-order valence-electron chi connectivity index (χ1n) is 7.46. The Morgan fingerprint density at radius 2 is 2.21 bits per heavy atom. The van der Waals surface area contributed by atoms with Gasteiger partial charge in [0.2, 0.25) is 0 Å². The second-order valence-corrected chi connectivity index (χ2v) is 5.02. The summed E-state index contributed by atoms with van der Waals surface area (Å²) in [5.74, 6) is 0.842. The van der Waals surface area contributed by atoms with Crippen molar-refractivity contribution < 1.29 is 18.3 Å². The first kappa shape index (κ1) is 17.6. The van der Waals surface area contributed by atoms with Crippen molar-refractivity contribution in [2.24, 2.45) is 0 Å². The van der Waals surface area contributed by atoms with Crippen LogP contribution in [0.25, 0.3) is 0 Å². The van der Waals surface area contributed by atoms with Crippen molar-refractivity contribution >= 4 is 11.7 Å². The van der Waals surface area contributed by atoms with Crippen molar-refractivity contribution in [1.29, 1.82) is 0 Å². The normalized spacial score (nSPS) is 10.7. The van der Waals surface area contributed by atoms with Crippen LogP contribution in [0.5, 0.6) is 5.75 Å². The molecule has 0 aliphatic carbocycles. The zero-order chi connectivity index (χ0) is 17.5. The summed E-state index contributed by atoms with van der Waals surface area (Å²) in [4.78, 5) is 11.9. The monoisotopic (exact) mass is 339 g/mol. The minimum Gasteiger partial charge on any atom is -0.435 e. The summed E-state index contributed by atoms with van der Waals surface area (Å²) in [6.45, 7) is 1.96. The van der Waals surface area contributed by atoms with Crippen molar-refractivity contribution in [3.05, 3.63) is 35.9 Å². The van der Waals surface area contributed by atoms with Crippen molar-refractivity contribution in [2.45, 2.75) is 33.4 Å². The molecule has 0 unspecified atom stereocenters. The molecule has 1 heterocycles. The van der Waals surface area contributed by atoms with E-state index in [1.165, 1.54) is 18.2 Å². The van der Waals surface area contributed by atoms with Crippen LogP contribution in [0.3, 0.4) is 0 Å². The molecule has 2 rings (SSSR count). The van der Waals surface area contributed by atoms with E-state index in [9.17, 15) is 13.6 Å². The molecule has 2 N–H and O–H groups in total. The number of carbonyl (C=O) groups excluding carboxylic acids is 1. The van der Waals surface area contributed by atoms with Crippen LogP contribution in [0.2, 0.25) is 0 Å². The lowest BCUT2D eigenvalue weighted by Crippen LogP contribution is -2.31. The van der Waals surface area contributed by atoms with Crippen LogP contribution in [0.4, 0.5) is 19.3 Å². The van der Waals surface area contributed by atoms with Crippen LogP contribution in [0, 0.1) is 6.92 Å². The number of nitrogens with one attached hydrogen (secondary N) is 2. The quantitative estimate of drug-likeness (QED) is 0.812. The molecule has 1 aromatic carbocycles. The number of hydrogen-bond acceptors (Lipinski definition) is 4. The average Bonchev–Trinajstić information content (AvgIpc) is 2.97. The Labute approximate surface area is 138 Å². The van der Waals surface area contributed by atoms with E-state index in [1.807, 2.05) is 11.5 Å². The molecule has 0 bridgehead atoms. The van der Waals surface area contributed by atoms with Gasteiger partial charge in [0, 0.05) is 25.2 Å². The number of anilines is 1. The zero-order valence-electron chi connectivity index (χ0n) is 13.4. The fraction of sp³-hybridized carbons (Fsp3) is 0.400. The number of halogens is 2. The van der Waals surface area contributed by atoms with Gasteiger partial charge in [0.25, 0.3) is 0 Å². The maximum absolute atomic E-state index is 12.2. The number of ether oxygens (including phenoxy) is 1. The van der Waals surface area contributed by atoms with Crippen molar-refractivity contribution in [3.8, 4) is 5.75 Å². The lowest BCUT2D eigenvalue weighted by molar-refractivity contribution is -0.0498. The van der Waals surface area contributed by atoms with Gasteiger partial charge < -0.3 is 19.9 Å². The van der Waals surface area contributed by atoms with E-state index >= 15 is 0 Å². The first-order valence-corrected chi connectivity index (χ1v) is 7.46. The standard InChI is InChI=1S/C15H19F2N5O2/c1-3-22-9-19-21-13(22)6-7-18-15(23)20-12-5-4-11(8-10(12)2)24-14(16)17/h4-5,8-9,14H,3,6-7H2,1-2H3,(H2,18,20,23). The summed E-state index contributed by atoms with van der Waals surface area (Å²) >= 11 is 0. The molecule has 0 radical (unpaired) electrons. The highest BCUT2D eigenvalue weighted by molar-refractivity contribution is 5.90. The van der Waals surface area contributed by atoms with E-state index in [1.54, 1.807) is 13.3 Å². The average molecular weight is 339 g/mol. The lowest BCUT2D eigenvalue weighted by atomic mass is 10.2. The molecule has 0 saturated carbocycles. The second-order valence-electron chi connectivity index (χ2n) is 5.02. The minimum absolute atomic E-state index is 0.0485. The van der Waals surface area contributed by atoms with Gasteiger partial charge in [-0.2, -0.15) is 8.78 Å². The van der Waals surface area contributed by atoms with Gasteiger partial charge in [-0.05, 0) is 37.6 Å². The van der Waals surface area contributed by atoms with Crippen LogP contribution in [0.15, 0.2) is 24.5 Å². The van der Waals surface area contributed by atoms with Gasteiger partial charge >= 0.3 is 12.6 Å². The number of urea groups is 1. The number of alkyl halides is 2. The third kappa shape index (κ3) is 4.90. The molecule has 9 heteroatoms. The van der Waals surface area contributed by atoms with E-state index < -0.39 is 6.61 Å². The highest BCUT2D eigenvalue weighted by Crippen LogP contribution is 2.22. The van der Waals surface area contributed by atoms with Gasteiger partial charge in [0.15, 0.2) is 0 Å². The maximum Gasteiger partial charge on any atom is 0.387 e. The summed E-state index contributed by atoms with van der Waals surface area (Å²) < 4.78 is 30.5. The predicted molar refractivity (Wildman–Crippen MR) is 84.2 cm³/mol. The SMILES string of the molecule is CCn1cnnc1CCNC(=O)Nc1ccc(OC(F)F)cc1C. The van der Waals surface area contributed by atoms with E-state index in [0.29, 0.717) is 24.2 Å². The largest absolute Gasteiger partial charge is 0.435 e. The Balaban J connectivity index is 1.84. The molecule has 0 spiro atoms. The molecule has 7 nitrogen and oxygen atoms in total. The molecular formula is C15H19F2N5O2. The maximum atomic E-state index is 12.2. The third-order valence-corrected chi connectivity index (χ3v) is 3.34. The lowest BCUT2D eigenvalue weighted by Gasteiger charge is -2.12. The number of nitrogens with zero attached hydrogens (tertiary/aromatic N) is 3. The second kappa shape index (κ2) is 8.23. The van der Waals surface area contributed by atoms with E-state index in [2.05, 4.69) is 25.6 Å². The fourth-order valence-corrected chi connectivity index (χ4v) is 2.14. The Morgan fingerprint density at radius 3 is 2.88 bits per heavy atom. The fourth-order valence-electron chi connectivity index (χ4n) is 2.14. The van der Waals surface area contributed by atoms with Crippen molar-refractivity contribution in [1.82, 2.24) is 20.1 Å². The van der Waals surface area contributed by atoms with Crippen molar-refractivity contribution in [3.63, 3.8) is 0 Å². The van der Waals surface area contributed by atoms with Crippen LogP contribution in [-0.4, -0.2) is 34.0 Å². The number of benzene rings is 1. The Kier molecular flexibility index (Phi) is 6.05. The molecule has 0 fully saturated rings. The van der Waals surface area contributed by atoms with Crippen LogP contribution < -0.4 is 15.4 Å². The molecule has 0 aliphatic rings. The predicted octanol–water partition coefficient (Wildman–Crippen LogP) is 2.57. The molecule has 24 heavy (non-hydrogen) atoms. The number of aryl methyl sites for hydroxylation is 2. The number of amides is 2. The molecule has 0 aliphatic heterocycles. The Bertz CT molecular complexity index is 690. The highest BCUT2D eigenvalue weighted by Gasteiger charge is 2.09. The summed E-state index contributed by atoms with van der Waals surface area (Å²) in [7, 11) is 0. The first-order chi connectivity index (χ1) is 11.5. The summed E-state index contributed by atoms with van der Waals surface area (Å²) in [5.41, 5.74) is 1.14. The van der Waals surface area contributed by atoms with Crippen molar-refractivity contribution in [2.75, 3.05) is 11.9 Å². The minimum atomic E-state index is -2.88. The summed E-state index contributed by atoms with van der Waals surface area (Å²) in [6.07, 6.45) is 2.20. The van der Waals surface area contributed by atoms with Gasteiger partial charge in [-0.15, -0.1) is 10.2 Å². The molecule has 130 valence electrons. The number of carbonyl (C=O) groups is 1.